The van der Waals surface area contributed by atoms with E-state index in [-0.39, 0.29) is 18.1 Å². The van der Waals surface area contributed by atoms with Gasteiger partial charge in [0.25, 0.3) is 0 Å². The highest BCUT2D eigenvalue weighted by Crippen LogP contribution is 2.51. The number of ether oxygens (including phenoxy) is 1. The summed E-state index contributed by atoms with van der Waals surface area (Å²) < 4.78 is 12.0. The molecule has 6 atom stereocenters. The zero-order valence-electron chi connectivity index (χ0n) is 29.8. The predicted molar refractivity (Wildman–Crippen MR) is 209 cm³/mol. The van der Waals surface area contributed by atoms with E-state index >= 15 is 0 Å². The van der Waals surface area contributed by atoms with Crippen molar-refractivity contribution in [2.75, 3.05) is 0 Å². The molecule has 10 rings (SSSR count). The lowest BCUT2D eigenvalue weighted by molar-refractivity contribution is 0.197. The third kappa shape index (κ3) is 4.65. The fourth-order valence-corrected chi connectivity index (χ4v) is 9.99. The van der Waals surface area contributed by atoms with Gasteiger partial charge < -0.3 is 13.9 Å². The van der Waals surface area contributed by atoms with Crippen molar-refractivity contribution in [3.63, 3.8) is 0 Å². The fourth-order valence-electron chi connectivity index (χ4n) is 9.99. The Balaban J connectivity index is 1.21. The number of benzene rings is 3. The molecule has 5 nitrogen and oxygen atoms in total. The molecule has 0 bridgehead atoms. The molecule has 5 unspecified atom stereocenters. The molecule has 256 valence electrons. The highest BCUT2D eigenvalue weighted by Gasteiger charge is 2.38. The second kappa shape index (κ2) is 12.0. The SMILES string of the molecule is CC1C=Cc2c3c(n(-c4cc(C#N)ccc4-c4ccc5c(c4)c4ccc6c(c4n5C4C=CC=CC4C)OC4CCCCCC64)c2C1)C=C[C@@H](C#N)C3. The number of hydrogen-bond donors (Lipinski definition) is 0. The van der Waals surface area contributed by atoms with E-state index in [9.17, 15) is 10.5 Å². The van der Waals surface area contributed by atoms with E-state index in [2.05, 4.69) is 120 Å². The third-order valence-electron chi connectivity index (χ3n) is 12.6. The maximum atomic E-state index is 10.1. The largest absolute Gasteiger partial charge is 0.487 e. The number of nitrogens with zero attached hydrogens (tertiary/aromatic N) is 4. The van der Waals surface area contributed by atoms with Gasteiger partial charge in [0.05, 0.1) is 40.9 Å². The van der Waals surface area contributed by atoms with Crippen LogP contribution in [0, 0.1) is 40.4 Å². The van der Waals surface area contributed by atoms with Crippen LogP contribution in [0.15, 0.2) is 85.0 Å². The van der Waals surface area contributed by atoms with Crippen molar-refractivity contribution in [1.82, 2.24) is 9.13 Å². The smallest absolute Gasteiger partial charge is 0.147 e. The lowest BCUT2D eigenvalue weighted by Crippen LogP contribution is -2.17. The molecule has 0 amide bonds. The lowest BCUT2D eigenvalue weighted by atomic mass is 9.88. The van der Waals surface area contributed by atoms with Crippen LogP contribution in [0.1, 0.15) is 91.6 Å². The predicted octanol–water partition coefficient (Wildman–Crippen LogP) is 11.2. The van der Waals surface area contributed by atoms with Crippen LogP contribution < -0.4 is 4.74 Å². The van der Waals surface area contributed by atoms with Gasteiger partial charge in [0.2, 0.25) is 0 Å². The summed E-state index contributed by atoms with van der Waals surface area (Å²) >= 11 is 0. The van der Waals surface area contributed by atoms with E-state index in [1.54, 1.807) is 0 Å². The molecule has 5 heteroatoms. The fraction of sp³-hybridized carbons (Fsp3) is 0.319. The molecular formula is C47H42N4O. The van der Waals surface area contributed by atoms with Crippen molar-refractivity contribution in [1.29, 1.82) is 10.5 Å². The quantitative estimate of drug-likeness (QED) is 0.191. The minimum atomic E-state index is -0.138. The van der Waals surface area contributed by atoms with Crippen molar-refractivity contribution < 1.29 is 4.74 Å². The third-order valence-corrected chi connectivity index (χ3v) is 12.6. The van der Waals surface area contributed by atoms with E-state index in [4.69, 9.17) is 4.74 Å². The highest BCUT2D eigenvalue weighted by molar-refractivity contribution is 6.12. The van der Waals surface area contributed by atoms with Gasteiger partial charge in [-0.3, -0.25) is 0 Å². The summed E-state index contributed by atoms with van der Waals surface area (Å²) in [5, 5.41) is 22.4. The molecule has 3 heterocycles. The van der Waals surface area contributed by atoms with Gasteiger partial charge in [0.15, 0.2) is 0 Å². The Hall–Kier alpha value is -5.52. The van der Waals surface area contributed by atoms with Crippen LogP contribution >= 0.6 is 0 Å². The first-order chi connectivity index (χ1) is 25.5. The van der Waals surface area contributed by atoms with Gasteiger partial charge in [-0.05, 0) is 91.0 Å². The molecule has 4 aliphatic carbocycles. The van der Waals surface area contributed by atoms with Crippen LogP contribution in [0.2, 0.25) is 0 Å². The molecule has 1 aliphatic heterocycles. The first-order valence-electron chi connectivity index (χ1n) is 19.2. The van der Waals surface area contributed by atoms with Gasteiger partial charge in [-0.15, -0.1) is 0 Å². The summed E-state index contributed by atoms with van der Waals surface area (Å²) in [6.45, 7) is 4.57. The van der Waals surface area contributed by atoms with Gasteiger partial charge in [0, 0.05) is 44.7 Å². The molecule has 0 N–H and O–H groups in total. The number of rotatable bonds is 3. The summed E-state index contributed by atoms with van der Waals surface area (Å²) in [4.78, 5) is 0. The number of nitriles is 2. The van der Waals surface area contributed by atoms with Crippen molar-refractivity contribution in [2.45, 2.75) is 76.9 Å². The summed E-state index contributed by atoms with van der Waals surface area (Å²) in [7, 11) is 0. The Morgan fingerprint density at radius 2 is 1.71 bits per heavy atom. The molecular weight excluding hydrogens is 637 g/mol. The number of aromatic nitrogens is 2. The normalized spacial score (nSPS) is 25.5. The Morgan fingerprint density at radius 3 is 2.58 bits per heavy atom. The highest BCUT2D eigenvalue weighted by atomic mass is 16.5. The Bertz CT molecular complexity index is 2520. The van der Waals surface area contributed by atoms with Crippen LogP contribution in [0.3, 0.4) is 0 Å². The van der Waals surface area contributed by atoms with Crippen molar-refractivity contribution in [3.8, 4) is 34.7 Å². The lowest BCUT2D eigenvalue weighted by Gasteiger charge is -2.25. The molecule has 52 heavy (non-hydrogen) atoms. The first kappa shape index (κ1) is 31.2. The molecule has 0 radical (unpaired) electrons. The average molecular weight is 679 g/mol. The molecule has 5 aromatic rings. The van der Waals surface area contributed by atoms with Crippen molar-refractivity contribution in [3.05, 3.63) is 119 Å². The summed E-state index contributed by atoms with van der Waals surface area (Å²) in [6.07, 6.45) is 25.8. The van der Waals surface area contributed by atoms with E-state index in [0.717, 1.165) is 41.1 Å². The van der Waals surface area contributed by atoms with E-state index in [1.807, 2.05) is 12.1 Å². The van der Waals surface area contributed by atoms with Gasteiger partial charge in [0.1, 0.15) is 11.9 Å². The Labute approximate surface area is 305 Å². The molecule has 3 aromatic carbocycles. The maximum absolute atomic E-state index is 10.1. The van der Waals surface area contributed by atoms with E-state index in [1.165, 1.54) is 69.9 Å². The molecule has 5 aliphatic rings. The molecule has 0 spiro atoms. The number of fused-ring (bicyclic) bond motifs is 10. The van der Waals surface area contributed by atoms with Gasteiger partial charge in [-0.2, -0.15) is 10.5 Å². The van der Waals surface area contributed by atoms with Gasteiger partial charge in [-0.25, -0.2) is 0 Å². The van der Waals surface area contributed by atoms with Crippen LogP contribution in [0.25, 0.3) is 50.8 Å². The van der Waals surface area contributed by atoms with Crippen LogP contribution in [-0.4, -0.2) is 15.2 Å². The van der Waals surface area contributed by atoms with Crippen LogP contribution in [-0.2, 0) is 12.8 Å². The summed E-state index contributed by atoms with van der Waals surface area (Å²) in [5.41, 5.74) is 12.5. The van der Waals surface area contributed by atoms with Gasteiger partial charge in [-0.1, -0.05) is 93.5 Å². The molecule has 1 saturated carbocycles. The Kier molecular flexibility index (Phi) is 7.23. The molecule has 2 aromatic heterocycles. The topological polar surface area (TPSA) is 66.7 Å². The Morgan fingerprint density at radius 1 is 0.827 bits per heavy atom. The number of allylic oxidation sites excluding steroid dienone is 6. The minimum Gasteiger partial charge on any atom is -0.487 e. The number of hydrogen-bond acceptors (Lipinski definition) is 3. The van der Waals surface area contributed by atoms with Gasteiger partial charge >= 0.3 is 0 Å². The maximum Gasteiger partial charge on any atom is 0.147 e. The van der Waals surface area contributed by atoms with Crippen molar-refractivity contribution >= 4 is 34.0 Å². The first-order valence-corrected chi connectivity index (χ1v) is 19.2. The molecule has 1 fully saturated rings. The average Bonchev–Trinajstić information content (AvgIpc) is 3.73. The second-order valence-electron chi connectivity index (χ2n) is 15.7. The van der Waals surface area contributed by atoms with Crippen LogP contribution in [0.4, 0.5) is 0 Å². The summed E-state index contributed by atoms with van der Waals surface area (Å²) in [6, 6.07) is 22.9. The second-order valence-corrected chi connectivity index (χ2v) is 15.7. The summed E-state index contributed by atoms with van der Waals surface area (Å²) in [5.74, 6) is 2.16. The van der Waals surface area contributed by atoms with E-state index < -0.39 is 0 Å². The van der Waals surface area contributed by atoms with E-state index in [0.29, 0.717) is 29.7 Å². The zero-order chi connectivity index (χ0) is 35.1. The van der Waals surface area contributed by atoms with Crippen molar-refractivity contribution in [2.24, 2.45) is 17.8 Å². The monoisotopic (exact) mass is 678 g/mol. The van der Waals surface area contributed by atoms with Crippen LogP contribution in [0.5, 0.6) is 5.75 Å². The standard InChI is InChI=1S/C47H42N4O/c1-28-12-16-34-38-23-30(26-48)14-20-41(38)50(43(34)22-28)44-24-31(27-49)13-17-33(44)32-15-21-42-39(25-32)36-18-19-37-35-9-4-3-5-11-45(35)52-47(37)46(36)51(42)40-10-7-6-8-29(40)2/h6-8,10,12-21,24-25,28-30,35,40,45H,3-5,9,11,22-23H2,1-2H3/t28?,29?,30-,35?,40?,45?/m1/s1. The molecule has 0 saturated heterocycles. The minimum absolute atomic E-state index is 0.138. The zero-order valence-corrected chi connectivity index (χ0v) is 29.8.